The first-order valence-electron chi connectivity index (χ1n) is 8.93. The number of likely N-dealkylation sites (tertiary alicyclic amines) is 1. The maximum atomic E-state index is 12.6. The number of carbonyl (C=O) groups is 2. The summed E-state index contributed by atoms with van der Waals surface area (Å²) in [6, 6.07) is 7.86. The van der Waals surface area contributed by atoms with Gasteiger partial charge in [-0.25, -0.2) is 9.78 Å². The van der Waals surface area contributed by atoms with Crippen LogP contribution in [0.1, 0.15) is 30.7 Å². The summed E-state index contributed by atoms with van der Waals surface area (Å²) in [7, 11) is 0. The first kappa shape index (κ1) is 16.5. The topological polar surface area (TPSA) is 66.7 Å². The minimum atomic E-state index is -0.249. The number of amides is 3. The Balaban J connectivity index is 1.39. The van der Waals surface area contributed by atoms with Gasteiger partial charge in [-0.1, -0.05) is 12.1 Å². The molecule has 0 aliphatic carbocycles. The Morgan fingerprint density at radius 2 is 2.12 bits per heavy atom. The number of para-hydroxylation sites is 1. The van der Waals surface area contributed by atoms with E-state index < -0.39 is 0 Å². The molecule has 2 N–H and O–H groups in total. The molecule has 2 aliphatic rings. The van der Waals surface area contributed by atoms with Crippen molar-refractivity contribution in [3.8, 4) is 0 Å². The van der Waals surface area contributed by atoms with Gasteiger partial charge in [0, 0.05) is 31.8 Å². The lowest BCUT2D eigenvalue weighted by atomic mass is 9.96. The number of imide groups is 1. The molecule has 0 saturated carbocycles. The van der Waals surface area contributed by atoms with E-state index in [0.717, 1.165) is 31.4 Å². The molecule has 1 aromatic carbocycles. The van der Waals surface area contributed by atoms with Gasteiger partial charge in [-0.3, -0.25) is 9.69 Å². The molecule has 0 spiro atoms. The van der Waals surface area contributed by atoms with Crippen molar-refractivity contribution in [1.82, 2.24) is 15.2 Å². The normalized spacial score (nSPS) is 25.2. The van der Waals surface area contributed by atoms with Gasteiger partial charge < -0.3 is 10.2 Å². The highest BCUT2D eigenvalue weighted by atomic mass is 32.1. The number of piperidine rings is 1. The molecule has 2 aromatic rings. The third-order valence-electron chi connectivity index (χ3n) is 5.39. The van der Waals surface area contributed by atoms with E-state index in [2.05, 4.69) is 23.5 Å². The molecule has 3 amide bonds. The Morgan fingerprint density at radius 1 is 1.36 bits per heavy atom. The van der Waals surface area contributed by atoms with Crippen molar-refractivity contribution in [3.63, 3.8) is 0 Å². The van der Waals surface area contributed by atoms with Crippen LogP contribution >= 0.6 is 11.3 Å². The van der Waals surface area contributed by atoms with Crippen molar-refractivity contribution in [2.75, 3.05) is 26.2 Å². The molecule has 1 aromatic heterocycles. The number of benzene rings is 1. The maximum absolute atomic E-state index is 12.6. The summed E-state index contributed by atoms with van der Waals surface area (Å²) in [5, 5.41) is 3.92. The van der Waals surface area contributed by atoms with E-state index in [1.807, 2.05) is 13.0 Å². The summed E-state index contributed by atoms with van der Waals surface area (Å²) in [6.45, 7) is 4.89. The Labute approximate surface area is 150 Å². The molecule has 2 aliphatic heterocycles. The Bertz CT molecular complexity index is 764. The first-order valence-corrected chi connectivity index (χ1v) is 9.74. The van der Waals surface area contributed by atoms with Crippen LogP contribution in [0.2, 0.25) is 0 Å². The second kappa shape index (κ2) is 6.72. The number of quaternary nitrogens is 1. The highest BCUT2D eigenvalue weighted by molar-refractivity contribution is 7.18. The number of hydrogen-bond acceptors (Lipinski definition) is 4. The van der Waals surface area contributed by atoms with Gasteiger partial charge in [0.1, 0.15) is 0 Å². The van der Waals surface area contributed by atoms with Crippen molar-refractivity contribution in [1.29, 1.82) is 0 Å². The minimum absolute atomic E-state index is 0.0524. The molecule has 0 unspecified atom stereocenters. The predicted octanol–water partition coefficient (Wildman–Crippen LogP) is 0.999. The van der Waals surface area contributed by atoms with E-state index in [1.54, 1.807) is 11.3 Å². The molecule has 3 heterocycles. The van der Waals surface area contributed by atoms with Crippen LogP contribution in [0.4, 0.5) is 4.79 Å². The lowest BCUT2D eigenvalue weighted by molar-refractivity contribution is -0.919. The smallest absolute Gasteiger partial charge is 0.324 e. The number of rotatable bonds is 3. The molecule has 25 heavy (non-hydrogen) atoms. The summed E-state index contributed by atoms with van der Waals surface area (Å²) in [6.07, 6.45) is 2.08. The van der Waals surface area contributed by atoms with Crippen LogP contribution in [0.5, 0.6) is 0 Å². The van der Waals surface area contributed by atoms with Crippen LogP contribution in [0, 0.1) is 0 Å². The zero-order valence-corrected chi connectivity index (χ0v) is 15.1. The Hall–Kier alpha value is -1.99. The van der Waals surface area contributed by atoms with Crippen molar-refractivity contribution < 1.29 is 14.5 Å². The number of nitrogens with one attached hydrogen (secondary N) is 2. The van der Waals surface area contributed by atoms with E-state index in [9.17, 15) is 9.59 Å². The van der Waals surface area contributed by atoms with Gasteiger partial charge in [-0.2, -0.15) is 0 Å². The first-order chi connectivity index (χ1) is 12.1. The minimum Gasteiger partial charge on any atom is -0.336 e. The second-order valence-electron chi connectivity index (χ2n) is 6.90. The lowest BCUT2D eigenvalue weighted by Gasteiger charge is -2.32. The van der Waals surface area contributed by atoms with Crippen molar-refractivity contribution >= 4 is 33.5 Å². The number of urea groups is 1. The van der Waals surface area contributed by atoms with Crippen LogP contribution in [-0.2, 0) is 4.79 Å². The van der Waals surface area contributed by atoms with Gasteiger partial charge in [0.05, 0.1) is 28.3 Å². The monoisotopic (exact) mass is 359 g/mol. The average molecular weight is 359 g/mol. The van der Waals surface area contributed by atoms with Crippen LogP contribution in [0.3, 0.4) is 0 Å². The molecule has 2 saturated heterocycles. The largest absolute Gasteiger partial charge is 0.336 e. The number of aromatic nitrogens is 1. The van der Waals surface area contributed by atoms with Crippen LogP contribution in [0.25, 0.3) is 10.2 Å². The fraction of sp³-hybridized carbons (Fsp3) is 0.500. The van der Waals surface area contributed by atoms with E-state index >= 15 is 0 Å². The van der Waals surface area contributed by atoms with Gasteiger partial charge in [0.2, 0.25) is 0 Å². The summed E-state index contributed by atoms with van der Waals surface area (Å²) in [5.74, 6) is 0.432. The Kier molecular flexibility index (Phi) is 4.43. The number of hydrogen-bond donors (Lipinski definition) is 2. The fourth-order valence-corrected chi connectivity index (χ4v) is 4.96. The van der Waals surface area contributed by atoms with Crippen LogP contribution in [0.15, 0.2) is 24.3 Å². The van der Waals surface area contributed by atoms with Crippen LogP contribution in [-0.4, -0.2) is 54.0 Å². The third kappa shape index (κ3) is 3.14. The number of carbonyl (C=O) groups excluding carboxylic acids is 2. The predicted molar refractivity (Wildman–Crippen MR) is 96.9 cm³/mol. The zero-order chi connectivity index (χ0) is 17.4. The number of nitrogens with zero attached hydrogens (tertiary/aromatic N) is 2. The quantitative estimate of drug-likeness (QED) is 0.859. The molecular formula is C18H23N4O2S+. The summed E-state index contributed by atoms with van der Waals surface area (Å²) in [4.78, 5) is 31.7. The van der Waals surface area contributed by atoms with Crippen molar-refractivity contribution in [3.05, 3.63) is 29.3 Å². The van der Waals surface area contributed by atoms with E-state index in [4.69, 9.17) is 4.98 Å². The van der Waals surface area contributed by atoms with Gasteiger partial charge >= 0.3 is 6.03 Å². The molecule has 0 bridgehead atoms. The SMILES string of the molecule is C[C@H](C(=O)N1CCNC1=O)[NH+]1CCC(c2nc3ccccc3s2)CC1. The maximum Gasteiger partial charge on any atom is 0.324 e. The van der Waals surface area contributed by atoms with Crippen molar-refractivity contribution in [2.24, 2.45) is 0 Å². The second-order valence-corrected chi connectivity index (χ2v) is 7.96. The fourth-order valence-electron chi connectivity index (χ4n) is 3.82. The molecule has 7 heteroatoms. The third-order valence-corrected chi connectivity index (χ3v) is 6.59. The summed E-state index contributed by atoms with van der Waals surface area (Å²) >= 11 is 1.79. The van der Waals surface area contributed by atoms with Gasteiger partial charge in [-0.15, -0.1) is 11.3 Å². The summed E-state index contributed by atoms with van der Waals surface area (Å²) < 4.78 is 1.25. The summed E-state index contributed by atoms with van der Waals surface area (Å²) in [5.41, 5.74) is 1.08. The van der Waals surface area contributed by atoms with E-state index in [1.165, 1.54) is 19.5 Å². The van der Waals surface area contributed by atoms with E-state index in [-0.39, 0.29) is 18.0 Å². The highest BCUT2D eigenvalue weighted by Crippen LogP contribution is 2.31. The highest BCUT2D eigenvalue weighted by Gasteiger charge is 2.37. The molecule has 1 atom stereocenters. The lowest BCUT2D eigenvalue weighted by Crippen LogP contribution is -3.17. The molecule has 4 rings (SSSR count). The molecule has 0 radical (unpaired) electrons. The van der Waals surface area contributed by atoms with E-state index in [0.29, 0.717) is 19.0 Å². The number of thiazole rings is 1. The molecular weight excluding hydrogens is 336 g/mol. The van der Waals surface area contributed by atoms with Gasteiger partial charge in [0.15, 0.2) is 6.04 Å². The molecule has 2 fully saturated rings. The zero-order valence-electron chi connectivity index (χ0n) is 14.3. The van der Waals surface area contributed by atoms with Gasteiger partial charge in [0.25, 0.3) is 5.91 Å². The molecule has 6 nitrogen and oxygen atoms in total. The average Bonchev–Trinajstić information content (AvgIpc) is 3.26. The van der Waals surface area contributed by atoms with Crippen LogP contribution < -0.4 is 10.2 Å². The Morgan fingerprint density at radius 3 is 2.80 bits per heavy atom. The number of fused-ring (bicyclic) bond motifs is 1. The van der Waals surface area contributed by atoms with Gasteiger partial charge in [-0.05, 0) is 19.1 Å². The standard InChI is InChI=1S/C18H22N4O2S/c1-12(17(23)22-11-8-19-18(22)24)21-9-6-13(7-10-21)16-20-14-4-2-3-5-15(14)25-16/h2-5,12-13H,6-11H2,1H3,(H,19,24)/p+1/t12-/m1/s1. The van der Waals surface area contributed by atoms with Crippen molar-refractivity contribution in [2.45, 2.75) is 31.7 Å². The molecule has 132 valence electrons.